The Hall–Kier alpha value is -3.60. The van der Waals surface area contributed by atoms with Gasteiger partial charge in [0.2, 0.25) is 0 Å². The van der Waals surface area contributed by atoms with E-state index in [4.69, 9.17) is 9.72 Å². The SMILES string of the molecule is COC(=O)CCCCCCOc1ccc2nc(-c3ccccc3)n(-c3ccccc3)c2c1. The van der Waals surface area contributed by atoms with Crippen LogP contribution in [0.3, 0.4) is 0 Å². The summed E-state index contributed by atoms with van der Waals surface area (Å²) < 4.78 is 12.9. The van der Waals surface area contributed by atoms with E-state index in [1.54, 1.807) is 0 Å². The number of benzene rings is 3. The van der Waals surface area contributed by atoms with E-state index >= 15 is 0 Å². The van der Waals surface area contributed by atoms with E-state index in [-0.39, 0.29) is 5.97 Å². The zero-order valence-corrected chi connectivity index (χ0v) is 18.4. The van der Waals surface area contributed by atoms with Gasteiger partial charge in [-0.3, -0.25) is 9.36 Å². The first-order valence-electron chi connectivity index (χ1n) is 11.1. The van der Waals surface area contributed by atoms with Gasteiger partial charge in [0.1, 0.15) is 11.6 Å². The number of nitrogens with zero attached hydrogens (tertiary/aromatic N) is 2. The van der Waals surface area contributed by atoms with Gasteiger partial charge < -0.3 is 9.47 Å². The van der Waals surface area contributed by atoms with Crippen molar-refractivity contribution in [2.45, 2.75) is 32.1 Å². The molecule has 4 aromatic rings. The molecule has 0 bridgehead atoms. The lowest BCUT2D eigenvalue weighted by Gasteiger charge is -2.11. The molecule has 0 N–H and O–H groups in total. The van der Waals surface area contributed by atoms with Crippen molar-refractivity contribution < 1.29 is 14.3 Å². The first-order valence-corrected chi connectivity index (χ1v) is 11.1. The van der Waals surface area contributed by atoms with Gasteiger partial charge in [-0.25, -0.2) is 4.98 Å². The van der Waals surface area contributed by atoms with E-state index in [2.05, 4.69) is 39.6 Å². The molecule has 164 valence electrons. The predicted octanol–water partition coefficient (Wildman–Crippen LogP) is 6.19. The molecular weight excluding hydrogens is 400 g/mol. The topological polar surface area (TPSA) is 53.4 Å². The highest BCUT2D eigenvalue weighted by Crippen LogP contribution is 2.30. The first-order chi connectivity index (χ1) is 15.8. The molecular formula is C27H28N2O3. The normalized spacial score (nSPS) is 10.9. The van der Waals surface area contributed by atoms with Crippen LogP contribution >= 0.6 is 0 Å². The van der Waals surface area contributed by atoms with Crippen molar-refractivity contribution in [1.82, 2.24) is 9.55 Å². The van der Waals surface area contributed by atoms with Gasteiger partial charge in [0.15, 0.2) is 0 Å². The van der Waals surface area contributed by atoms with Gasteiger partial charge >= 0.3 is 5.97 Å². The number of hydrogen-bond donors (Lipinski definition) is 0. The number of hydrogen-bond acceptors (Lipinski definition) is 4. The molecule has 0 radical (unpaired) electrons. The summed E-state index contributed by atoms with van der Waals surface area (Å²) in [6.45, 7) is 0.648. The molecule has 0 aliphatic carbocycles. The number of unbranched alkanes of at least 4 members (excludes halogenated alkanes) is 3. The molecule has 1 aromatic heterocycles. The quantitative estimate of drug-likeness (QED) is 0.223. The fourth-order valence-electron chi connectivity index (χ4n) is 3.78. The lowest BCUT2D eigenvalue weighted by molar-refractivity contribution is -0.140. The zero-order chi connectivity index (χ0) is 22.2. The molecule has 32 heavy (non-hydrogen) atoms. The third-order valence-corrected chi connectivity index (χ3v) is 5.44. The number of fused-ring (bicyclic) bond motifs is 1. The van der Waals surface area contributed by atoms with Crippen LogP contribution in [0.15, 0.2) is 78.9 Å². The van der Waals surface area contributed by atoms with Crippen molar-refractivity contribution in [3.8, 4) is 22.8 Å². The Balaban J connectivity index is 1.50. The van der Waals surface area contributed by atoms with Crippen molar-refractivity contribution in [1.29, 1.82) is 0 Å². The molecule has 0 aliphatic rings. The molecule has 4 rings (SSSR count). The maximum atomic E-state index is 11.2. The molecule has 0 spiro atoms. The van der Waals surface area contributed by atoms with Gasteiger partial charge in [0, 0.05) is 23.7 Å². The van der Waals surface area contributed by atoms with Crippen molar-refractivity contribution >= 4 is 17.0 Å². The van der Waals surface area contributed by atoms with Crippen LogP contribution in [0.25, 0.3) is 28.1 Å². The van der Waals surface area contributed by atoms with Crippen LogP contribution in [-0.2, 0) is 9.53 Å². The molecule has 0 saturated carbocycles. The average Bonchev–Trinajstić information content (AvgIpc) is 3.23. The van der Waals surface area contributed by atoms with E-state index in [9.17, 15) is 4.79 Å². The second-order valence-corrected chi connectivity index (χ2v) is 7.71. The lowest BCUT2D eigenvalue weighted by Crippen LogP contribution is -2.01. The Morgan fingerprint density at radius 1 is 0.875 bits per heavy atom. The van der Waals surface area contributed by atoms with E-state index in [0.29, 0.717) is 13.0 Å². The zero-order valence-electron chi connectivity index (χ0n) is 18.4. The van der Waals surface area contributed by atoms with Crippen molar-refractivity contribution in [3.63, 3.8) is 0 Å². The number of carbonyl (C=O) groups excluding carboxylic acids is 1. The molecule has 1 heterocycles. The molecule has 5 heteroatoms. The second kappa shape index (κ2) is 10.6. The Bertz CT molecular complexity index is 1150. The van der Waals surface area contributed by atoms with Crippen LogP contribution in [0, 0.1) is 0 Å². The highest BCUT2D eigenvalue weighted by Gasteiger charge is 2.15. The van der Waals surface area contributed by atoms with Crippen LogP contribution in [0.4, 0.5) is 0 Å². The van der Waals surface area contributed by atoms with Crippen LogP contribution < -0.4 is 4.74 Å². The second-order valence-electron chi connectivity index (χ2n) is 7.71. The number of aromatic nitrogens is 2. The number of carbonyl (C=O) groups is 1. The van der Waals surface area contributed by atoms with Crippen LogP contribution in [0.5, 0.6) is 5.75 Å². The highest BCUT2D eigenvalue weighted by molar-refractivity contribution is 5.84. The molecule has 0 saturated heterocycles. The van der Waals surface area contributed by atoms with Crippen LogP contribution in [-0.4, -0.2) is 29.2 Å². The van der Waals surface area contributed by atoms with Crippen molar-refractivity contribution in [3.05, 3.63) is 78.9 Å². The number of para-hydroxylation sites is 1. The highest BCUT2D eigenvalue weighted by atomic mass is 16.5. The summed E-state index contributed by atoms with van der Waals surface area (Å²) in [7, 11) is 1.43. The molecule has 0 fully saturated rings. The summed E-state index contributed by atoms with van der Waals surface area (Å²) in [4.78, 5) is 16.1. The minimum absolute atomic E-state index is 0.139. The van der Waals surface area contributed by atoms with Gasteiger partial charge in [0.05, 0.1) is 24.8 Å². The van der Waals surface area contributed by atoms with Crippen LogP contribution in [0.1, 0.15) is 32.1 Å². The Kier molecular flexibility index (Phi) is 7.18. The molecule has 0 unspecified atom stereocenters. The smallest absolute Gasteiger partial charge is 0.305 e. The van der Waals surface area contributed by atoms with E-state index < -0.39 is 0 Å². The minimum atomic E-state index is -0.139. The Morgan fingerprint density at radius 3 is 2.34 bits per heavy atom. The van der Waals surface area contributed by atoms with Gasteiger partial charge in [-0.15, -0.1) is 0 Å². The largest absolute Gasteiger partial charge is 0.494 e. The number of rotatable bonds is 10. The van der Waals surface area contributed by atoms with Gasteiger partial charge in [-0.1, -0.05) is 61.4 Å². The maximum absolute atomic E-state index is 11.2. The summed E-state index contributed by atoms with van der Waals surface area (Å²) >= 11 is 0. The van der Waals surface area contributed by atoms with E-state index in [1.807, 2.05) is 48.5 Å². The Morgan fingerprint density at radius 2 is 1.59 bits per heavy atom. The standard InChI is InChI=1S/C27H28N2O3/c1-31-26(30)16-10-2-3-11-19-32-23-17-18-24-25(20-23)29(22-14-8-5-9-15-22)27(28-24)21-12-6-4-7-13-21/h4-9,12-15,17-18,20H,2-3,10-11,16,19H2,1H3. The van der Waals surface area contributed by atoms with Gasteiger partial charge in [0.25, 0.3) is 0 Å². The molecule has 0 atom stereocenters. The summed E-state index contributed by atoms with van der Waals surface area (Å²) in [5.74, 6) is 1.61. The average molecular weight is 429 g/mol. The third-order valence-electron chi connectivity index (χ3n) is 5.44. The monoisotopic (exact) mass is 428 g/mol. The van der Waals surface area contributed by atoms with E-state index in [0.717, 1.165) is 59.5 Å². The van der Waals surface area contributed by atoms with Crippen LogP contribution in [0.2, 0.25) is 0 Å². The lowest BCUT2D eigenvalue weighted by atomic mass is 10.1. The molecule has 3 aromatic carbocycles. The number of ether oxygens (including phenoxy) is 2. The summed E-state index contributed by atoms with van der Waals surface area (Å²) in [6.07, 6.45) is 4.32. The number of imidazole rings is 1. The molecule has 5 nitrogen and oxygen atoms in total. The Labute approximate surface area is 188 Å². The maximum Gasteiger partial charge on any atom is 0.305 e. The molecule has 0 aliphatic heterocycles. The van der Waals surface area contributed by atoms with Crippen molar-refractivity contribution in [2.24, 2.45) is 0 Å². The predicted molar refractivity (Wildman–Crippen MR) is 127 cm³/mol. The van der Waals surface area contributed by atoms with E-state index in [1.165, 1.54) is 7.11 Å². The summed E-state index contributed by atoms with van der Waals surface area (Å²) in [6, 6.07) is 26.6. The summed E-state index contributed by atoms with van der Waals surface area (Å²) in [5.41, 5.74) is 4.09. The molecule has 0 amide bonds. The summed E-state index contributed by atoms with van der Waals surface area (Å²) in [5, 5.41) is 0. The van der Waals surface area contributed by atoms with Gasteiger partial charge in [-0.2, -0.15) is 0 Å². The fraction of sp³-hybridized carbons (Fsp3) is 0.259. The third kappa shape index (κ3) is 5.17. The fourth-order valence-corrected chi connectivity index (χ4v) is 3.78. The number of esters is 1. The minimum Gasteiger partial charge on any atom is -0.494 e. The first kappa shape index (κ1) is 21.6. The van der Waals surface area contributed by atoms with Gasteiger partial charge in [-0.05, 0) is 37.1 Å². The number of methoxy groups -OCH3 is 1. The van der Waals surface area contributed by atoms with Crippen molar-refractivity contribution in [2.75, 3.05) is 13.7 Å².